The molecule has 2 heterocycles. The third-order valence-electron chi connectivity index (χ3n) is 3.51. The highest BCUT2D eigenvalue weighted by Gasteiger charge is 2.14. The number of carbonyl (C=O) groups is 2. The van der Waals surface area contributed by atoms with Crippen LogP contribution in [0.4, 0.5) is 5.69 Å². The molecular formula is C17H14N4O3. The van der Waals surface area contributed by atoms with Gasteiger partial charge in [-0.1, -0.05) is 6.07 Å². The lowest BCUT2D eigenvalue weighted by molar-refractivity contribution is 0.0996. The number of carbonyl (C=O) groups excluding carboxylic acids is 2. The standard InChI is InChI=1S/C17H14N4O3/c1-10-5-6-21-14(7-10)19-9-13(17(21)24)16(23)20-12-4-2-3-11(8-12)15(18)22/h2-9H,1H3,(H2,18,22)(H,20,23). The summed E-state index contributed by atoms with van der Waals surface area (Å²) in [6, 6.07) is 9.67. The van der Waals surface area contributed by atoms with Gasteiger partial charge in [0, 0.05) is 23.6 Å². The van der Waals surface area contributed by atoms with E-state index in [1.54, 1.807) is 30.5 Å². The van der Waals surface area contributed by atoms with Crippen molar-refractivity contribution in [3.63, 3.8) is 0 Å². The lowest BCUT2D eigenvalue weighted by Crippen LogP contribution is -2.26. The maximum absolute atomic E-state index is 12.4. The molecule has 24 heavy (non-hydrogen) atoms. The van der Waals surface area contributed by atoms with Crippen LogP contribution in [-0.2, 0) is 0 Å². The molecule has 1 aromatic carbocycles. The van der Waals surface area contributed by atoms with Crippen LogP contribution in [0.15, 0.2) is 53.6 Å². The van der Waals surface area contributed by atoms with Crippen molar-refractivity contribution in [2.45, 2.75) is 6.92 Å². The molecule has 0 unspecified atom stereocenters. The van der Waals surface area contributed by atoms with Gasteiger partial charge in [-0.05, 0) is 42.8 Å². The molecule has 0 radical (unpaired) electrons. The third kappa shape index (κ3) is 2.87. The minimum Gasteiger partial charge on any atom is -0.366 e. The van der Waals surface area contributed by atoms with E-state index in [9.17, 15) is 14.4 Å². The summed E-state index contributed by atoms with van der Waals surface area (Å²) in [4.78, 5) is 40.1. The van der Waals surface area contributed by atoms with E-state index in [2.05, 4.69) is 10.3 Å². The predicted molar refractivity (Wildman–Crippen MR) is 89.1 cm³/mol. The van der Waals surface area contributed by atoms with Gasteiger partial charge in [0.2, 0.25) is 5.91 Å². The van der Waals surface area contributed by atoms with Crippen LogP contribution in [0.5, 0.6) is 0 Å². The number of hydrogen-bond acceptors (Lipinski definition) is 4. The molecule has 2 amide bonds. The van der Waals surface area contributed by atoms with E-state index in [1.807, 2.05) is 6.92 Å². The molecule has 120 valence electrons. The zero-order chi connectivity index (χ0) is 17.3. The molecular weight excluding hydrogens is 308 g/mol. The van der Waals surface area contributed by atoms with Crippen LogP contribution in [0.1, 0.15) is 26.3 Å². The van der Waals surface area contributed by atoms with Crippen molar-refractivity contribution < 1.29 is 9.59 Å². The third-order valence-corrected chi connectivity index (χ3v) is 3.51. The topological polar surface area (TPSA) is 107 Å². The van der Waals surface area contributed by atoms with Gasteiger partial charge in [0.05, 0.1) is 0 Å². The smallest absolute Gasteiger partial charge is 0.270 e. The second-order valence-electron chi connectivity index (χ2n) is 5.31. The van der Waals surface area contributed by atoms with Crippen LogP contribution in [0.25, 0.3) is 5.65 Å². The molecule has 0 aliphatic rings. The van der Waals surface area contributed by atoms with Gasteiger partial charge in [0.15, 0.2) is 0 Å². The first-order valence-corrected chi connectivity index (χ1v) is 7.15. The first kappa shape index (κ1) is 15.4. The summed E-state index contributed by atoms with van der Waals surface area (Å²) in [5, 5.41) is 2.57. The summed E-state index contributed by atoms with van der Waals surface area (Å²) in [7, 11) is 0. The lowest BCUT2D eigenvalue weighted by Gasteiger charge is -2.07. The van der Waals surface area contributed by atoms with Gasteiger partial charge < -0.3 is 11.1 Å². The molecule has 0 saturated heterocycles. The van der Waals surface area contributed by atoms with Crippen LogP contribution in [0.2, 0.25) is 0 Å². The number of anilines is 1. The van der Waals surface area contributed by atoms with E-state index >= 15 is 0 Å². The van der Waals surface area contributed by atoms with Crippen molar-refractivity contribution in [1.82, 2.24) is 9.38 Å². The van der Waals surface area contributed by atoms with Crippen molar-refractivity contribution >= 4 is 23.1 Å². The Bertz CT molecular complexity index is 1020. The van der Waals surface area contributed by atoms with Crippen LogP contribution >= 0.6 is 0 Å². The first-order valence-electron chi connectivity index (χ1n) is 7.15. The number of benzene rings is 1. The van der Waals surface area contributed by atoms with E-state index in [0.29, 0.717) is 11.3 Å². The molecule has 3 rings (SSSR count). The minimum atomic E-state index is -0.607. The quantitative estimate of drug-likeness (QED) is 0.759. The Morgan fingerprint density at radius 2 is 2.00 bits per heavy atom. The van der Waals surface area contributed by atoms with E-state index in [-0.39, 0.29) is 11.1 Å². The minimum absolute atomic E-state index is 0.0965. The Hall–Kier alpha value is -3.48. The van der Waals surface area contributed by atoms with Crippen LogP contribution in [-0.4, -0.2) is 21.2 Å². The average Bonchev–Trinajstić information content (AvgIpc) is 2.55. The molecule has 3 aromatic rings. The van der Waals surface area contributed by atoms with Gasteiger partial charge in [-0.15, -0.1) is 0 Å². The molecule has 2 aromatic heterocycles. The van der Waals surface area contributed by atoms with E-state index < -0.39 is 17.4 Å². The van der Waals surface area contributed by atoms with E-state index in [0.717, 1.165) is 5.56 Å². The number of pyridine rings is 1. The monoisotopic (exact) mass is 322 g/mol. The highest BCUT2D eigenvalue weighted by atomic mass is 16.2. The number of rotatable bonds is 3. The van der Waals surface area contributed by atoms with Crippen molar-refractivity contribution in [3.8, 4) is 0 Å². The van der Waals surface area contributed by atoms with Crippen molar-refractivity contribution in [3.05, 3.63) is 75.8 Å². The fourth-order valence-electron chi connectivity index (χ4n) is 2.28. The molecule has 7 nitrogen and oxygen atoms in total. The highest BCUT2D eigenvalue weighted by Crippen LogP contribution is 2.11. The number of primary amides is 1. The summed E-state index contributed by atoms with van der Waals surface area (Å²) in [6.07, 6.45) is 2.81. The van der Waals surface area contributed by atoms with Gasteiger partial charge in [-0.25, -0.2) is 4.98 Å². The van der Waals surface area contributed by atoms with Crippen LogP contribution < -0.4 is 16.6 Å². The second kappa shape index (κ2) is 5.96. The summed E-state index contributed by atoms with van der Waals surface area (Å²) in [5.41, 5.74) is 6.69. The second-order valence-corrected chi connectivity index (χ2v) is 5.31. The van der Waals surface area contributed by atoms with E-state index in [1.165, 1.54) is 22.7 Å². The van der Waals surface area contributed by atoms with Gasteiger partial charge in [0.1, 0.15) is 11.2 Å². The summed E-state index contributed by atoms with van der Waals surface area (Å²) >= 11 is 0. The highest BCUT2D eigenvalue weighted by molar-refractivity contribution is 6.04. The number of amides is 2. The lowest BCUT2D eigenvalue weighted by atomic mass is 10.2. The van der Waals surface area contributed by atoms with Crippen LogP contribution in [0, 0.1) is 6.92 Å². The number of nitrogens with zero attached hydrogens (tertiary/aromatic N) is 2. The molecule has 0 fully saturated rings. The van der Waals surface area contributed by atoms with E-state index in [4.69, 9.17) is 5.73 Å². The molecule has 0 bridgehead atoms. The molecule has 7 heteroatoms. The van der Waals surface area contributed by atoms with Crippen LogP contribution in [0.3, 0.4) is 0 Å². The number of fused-ring (bicyclic) bond motifs is 1. The largest absolute Gasteiger partial charge is 0.366 e. The van der Waals surface area contributed by atoms with Gasteiger partial charge in [0.25, 0.3) is 11.5 Å². The Morgan fingerprint density at radius 1 is 1.21 bits per heavy atom. The number of nitrogens with one attached hydrogen (secondary N) is 1. The van der Waals surface area contributed by atoms with Gasteiger partial charge in [-0.3, -0.25) is 18.8 Å². The fraction of sp³-hybridized carbons (Fsp3) is 0.0588. The summed E-state index contributed by atoms with van der Waals surface area (Å²) in [5.74, 6) is -1.21. The predicted octanol–water partition coefficient (Wildman–Crippen LogP) is 1.35. The van der Waals surface area contributed by atoms with Crippen molar-refractivity contribution in [2.75, 3.05) is 5.32 Å². The SMILES string of the molecule is Cc1ccn2c(=O)c(C(=O)Nc3cccc(C(N)=O)c3)cnc2c1. The Balaban J connectivity index is 1.96. The first-order chi connectivity index (χ1) is 11.5. The molecule has 0 spiro atoms. The zero-order valence-corrected chi connectivity index (χ0v) is 12.8. The normalized spacial score (nSPS) is 10.5. The number of nitrogens with two attached hydrogens (primary N) is 1. The Morgan fingerprint density at radius 3 is 2.75 bits per heavy atom. The molecule has 0 aliphatic heterocycles. The summed E-state index contributed by atoms with van der Waals surface area (Å²) in [6.45, 7) is 1.89. The average molecular weight is 322 g/mol. The van der Waals surface area contributed by atoms with Crippen molar-refractivity contribution in [1.29, 1.82) is 0 Å². The van der Waals surface area contributed by atoms with Crippen molar-refractivity contribution in [2.24, 2.45) is 5.73 Å². The Kier molecular flexibility index (Phi) is 3.83. The van der Waals surface area contributed by atoms with Gasteiger partial charge in [-0.2, -0.15) is 0 Å². The zero-order valence-electron chi connectivity index (χ0n) is 12.8. The number of aryl methyl sites for hydroxylation is 1. The maximum atomic E-state index is 12.4. The maximum Gasteiger partial charge on any atom is 0.270 e. The summed E-state index contributed by atoms with van der Waals surface area (Å²) < 4.78 is 1.31. The number of hydrogen-bond donors (Lipinski definition) is 2. The van der Waals surface area contributed by atoms with Gasteiger partial charge >= 0.3 is 0 Å². The molecule has 3 N–H and O–H groups in total. The molecule has 0 saturated carbocycles. The molecule has 0 atom stereocenters. The Labute approximate surface area is 136 Å². The number of aromatic nitrogens is 2. The fourth-order valence-corrected chi connectivity index (χ4v) is 2.28. The molecule has 0 aliphatic carbocycles.